The lowest BCUT2D eigenvalue weighted by Gasteiger charge is -1.79. The largest absolute Gasteiger partial charge is 0.364 e. The first kappa shape index (κ1) is 5.22. The fourth-order valence-corrected chi connectivity index (χ4v) is 0.704. The Morgan fingerprint density at radius 2 is 2.60 bits per heavy atom. The zero-order valence-electron chi connectivity index (χ0n) is 5.03. The van der Waals surface area contributed by atoms with Crippen molar-refractivity contribution in [2.45, 2.75) is 0 Å². The Bertz CT molecular complexity index is 252. The van der Waals surface area contributed by atoms with Crippen molar-refractivity contribution < 1.29 is 4.52 Å². The molecule has 4 nitrogen and oxygen atoms in total. The predicted octanol–water partition coefficient (Wildman–Crippen LogP) is 0.865. The van der Waals surface area contributed by atoms with Crippen LogP contribution in [0.2, 0.25) is 0 Å². The number of hydrogen-bond donors (Lipinski definition) is 1. The first-order chi connectivity index (χ1) is 4.97. The summed E-state index contributed by atoms with van der Waals surface area (Å²) in [6.45, 7) is 0. The Kier molecular flexibility index (Phi) is 1.04. The molecule has 2 aromatic heterocycles. The standard InChI is InChI=1S/C6H4N3O/c1-2-10-9-6(1)5-3-7-8-4-5/h1-3H,(H,7,8). The Hall–Kier alpha value is -1.58. The second-order valence-electron chi connectivity index (χ2n) is 1.80. The summed E-state index contributed by atoms with van der Waals surface area (Å²) in [5.74, 6) is 0. The van der Waals surface area contributed by atoms with Crippen LogP contribution in [0.3, 0.4) is 0 Å². The van der Waals surface area contributed by atoms with E-state index >= 15 is 0 Å². The number of hydrogen-bond acceptors (Lipinski definition) is 3. The van der Waals surface area contributed by atoms with Crippen molar-refractivity contribution in [3.05, 3.63) is 24.7 Å². The van der Waals surface area contributed by atoms with Gasteiger partial charge in [0.1, 0.15) is 18.2 Å². The van der Waals surface area contributed by atoms with Gasteiger partial charge in [-0.05, 0) is 0 Å². The van der Waals surface area contributed by atoms with Crippen molar-refractivity contribution in [2.75, 3.05) is 0 Å². The number of nitrogens with one attached hydrogen (secondary N) is 1. The number of H-pyrrole nitrogens is 1. The maximum absolute atomic E-state index is 4.63. The lowest BCUT2D eigenvalue weighted by Crippen LogP contribution is -1.69. The van der Waals surface area contributed by atoms with Crippen LogP contribution in [-0.2, 0) is 0 Å². The number of rotatable bonds is 1. The van der Waals surface area contributed by atoms with E-state index in [2.05, 4.69) is 26.1 Å². The van der Waals surface area contributed by atoms with Crippen LogP contribution in [0, 0.1) is 6.20 Å². The van der Waals surface area contributed by atoms with Gasteiger partial charge in [-0.2, -0.15) is 5.10 Å². The van der Waals surface area contributed by atoms with Gasteiger partial charge in [-0.1, -0.05) is 5.16 Å². The summed E-state index contributed by atoms with van der Waals surface area (Å²) in [7, 11) is 0. The molecular formula is C6H4N3O. The summed E-state index contributed by atoms with van der Waals surface area (Å²) in [6, 6.07) is 1.75. The molecule has 0 aliphatic carbocycles. The summed E-state index contributed by atoms with van der Waals surface area (Å²) in [5, 5.41) is 9.97. The molecular weight excluding hydrogens is 130 g/mol. The molecule has 0 aromatic carbocycles. The topological polar surface area (TPSA) is 54.7 Å². The van der Waals surface area contributed by atoms with E-state index in [1.54, 1.807) is 12.3 Å². The molecule has 0 saturated heterocycles. The molecule has 1 radical (unpaired) electrons. The van der Waals surface area contributed by atoms with Crippen LogP contribution < -0.4 is 0 Å². The van der Waals surface area contributed by atoms with Crippen LogP contribution in [-0.4, -0.2) is 15.4 Å². The van der Waals surface area contributed by atoms with Gasteiger partial charge in [0.15, 0.2) is 0 Å². The molecule has 0 fully saturated rings. The van der Waals surface area contributed by atoms with Gasteiger partial charge in [0.2, 0.25) is 0 Å². The van der Waals surface area contributed by atoms with Gasteiger partial charge >= 0.3 is 0 Å². The maximum Gasteiger partial charge on any atom is 0.124 e. The van der Waals surface area contributed by atoms with Gasteiger partial charge in [-0.3, -0.25) is 5.10 Å². The summed E-state index contributed by atoms with van der Waals surface area (Å²) in [4.78, 5) is 0. The van der Waals surface area contributed by atoms with Gasteiger partial charge in [-0.25, -0.2) is 0 Å². The summed E-state index contributed by atoms with van der Waals surface area (Å²) >= 11 is 0. The zero-order chi connectivity index (χ0) is 6.81. The smallest absolute Gasteiger partial charge is 0.124 e. The van der Waals surface area contributed by atoms with E-state index in [0.29, 0.717) is 0 Å². The number of aromatic amines is 1. The molecule has 49 valence electrons. The molecule has 0 spiro atoms. The molecule has 10 heavy (non-hydrogen) atoms. The van der Waals surface area contributed by atoms with Crippen molar-refractivity contribution in [3.8, 4) is 11.3 Å². The van der Waals surface area contributed by atoms with E-state index in [1.807, 2.05) is 0 Å². The molecule has 0 aliphatic heterocycles. The lowest BCUT2D eigenvalue weighted by atomic mass is 10.3. The SMILES string of the molecule is [c]1n[nH]cc1-c1ccon1. The van der Waals surface area contributed by atoms with E-state index in [4.69, 9.17) is 0 Å². The summed E-state index contributed by atoms with van der Waals surface area (Å²) in [5.41, 5.74) is 1.56. The molecule has 0 bridgehead atoms. The highest BCUT2D eigenvalue weighted by molar-refractivity contribution is 5.54. The van der Waals surface area contributed by atoms with Crippen molar-refractivity contribution in [3.63, 3.8) is 0 Å². The first-order valence-corrected chi connectivity index (χ1v) is 2.79. The molecule has 0 unspecified atom stereocenters. The van der Waals surface area contributed by atoms with Crippen LogP contribution in [0.5, 0.6) is 0 Å². The molecule has 0 saturated carbocycles. The van der Waals surface area contributed by atoms with Gasteiger partial charge in [0.25, 0.3) is 0 Å². The van der Waals surface area contributed by atoms with Crippen molar-refractivity contribution >= 4 is 0 Å². The van der Waals surface area contributed by atoms with Crippen LogP contribution >= 0.6 is 0 Å². The third kappa shape index (κ3) is 0.699. The molecule has 2 aromatic rings. The molecule has 0 amide bonds. The van der Waals surface area contributed by atoms with E-state index in [9.17, 15) is 0 Å². The zero-order valence-corrected chi connectivity index (χ0v) is 5.03. The fourth-order valence-electron chi connectivity index (χ4n) is 0.704. The highest BCUT2D eigenvalue weighted by atomic mass is 16.5. The minimum absolute atomic E-state index is 0.744. The average molecular weight is 134 g/mol. The average Bonchev–Trinajstić information content (AvgIpc) is 2.59. The number of aromatic nitrogens is 3. The molecule has 1 N–H and O–H groups in total. The molecule has 2 heterocycles. The monoisotopic (exact) mass is 134 g/mol. The Balaban J connectivity index is 2.48. The normalized spacial score (nSPS) is 10.0. The second-order valence-corrected chi connectivity index (χ2v) is 1.80. The second kappa shape index (κ2) is 1.98. The quantitative estimate of drug-likeness (QED) is 0.629. The highest BCUT2D eigenvalue weighted by Gasteiger charge is 2.00. The van der Waals surface area contributed by atoms with Gasteiger partial charge in [0, 0.05) is 12.3 Å². The maximum atomic E-state index is 4.63. The highest BCUT2D eigenvalue weighted by Crippen LogP contribution is 2.12. The first-order valence-electron chi connectivity index (χ1n) is 2.79. The molecule has 2 rings (SSSR count). The van der Waals surface area contributed by atoms with Crippen LogP contribution in [0.4, 0.5) is 0 Å². The summed E-state index contributed by atoms with van der Waals surface area (Å²) < 4.78 is 4.63. The summed E-state index contributed by atoms with van der Waals surface area (Å²) in [6.07, 6.45) is 5.93. The van der Waals surface area contributed by atoms with E-state index in [1.165, 1.54) is 6.26 Å². The Labute approximate surface area is 56.9 Å². The third-order valence-corrected chi connectivity index (χ3v) is 1.16. The minimum atomic E-state index is 0.744. The van der Waals surface area contributed by atoms with Gasteiger partial charge in [-0.15, -0.1) is 0 Å². The van der Waals surface area contributed by atoms with E-state index < -0.39 is 0 Å². The molecule has 4 heteroatoms. The predicted molar refractivity (Wildman–Crippen MR) is 32.9 cm³/mol. The fraction of sp³-hybridized carbons (Fsp3) is 0. The van der Waals surface area contributed by atoms with Crippen molar-refractivity contribution in [2.24, 2.45) is 0 Å². The van der Waals surface area contributed by atoms with Crippen LogP contribution in [0.25, 0.3) is 11.3 Å². The number of nitrogens with zero attached hydrogens (tertiary/aromatic N) is 2. The third-order valence-electron chi connectivity index (χ3n) is 1.16. The van der Waals surface area contributed by atoms with Gasteiger partial charge < -0.3 is 4.52 Å². The van der Waals surface area contributed by atoms with Crippen molar-refractivity contribution in [1.29, 1.82) is 0 Å². The van der Waals surface area contributed by atoms with Gasteiger partial charge in [0.05, 0.1) is 5.56 Å². The van der Waals surface area contributed by atoms with Crippen LogP contribution in [0.1, 0.15) is 0 Å². The van der Waals surface area contributed by atoms with Crippen LogP contribution in [0.15, 0.2) is 23.0 Å². The Morgan fingerprint density at radius 1 is 1.60 bits per heavy atom. The van der Waals surface area contributed by atoms with E-state index in [0.717, 1.165) is 11.3 Å². The Morgan fingerprint density at radius 3 is 3.20 bits per heavy atom. The molecule has 0 aliphatic rings. The molecule has 0 atom stereocenters. The minimum Gasteiger partial charge on any atom is -0.364 e. The lowest BCUT2D eigenvalue weighted by molar-refractivity contribution is 0.422. The van der Waals surface area contributed by atoms with Crippen molar-refractivity contribution in [1.82, 2.24) is 15.4 Å². The van der Waals surface area contributed by atoms with E-state index in [-0.39, 0.29) is 0 Å².